The zero-order chi connectivity index (χ0) is 10.8. The van der Waals surface area contributed by atoms with Gasteiger partial charge < -0.3 is 14.9 Å². The average Bonchev–Trinajstić information content (AvgIpc) is 2.82. The fourth-order valence-corrected chi connectivity index (χ4v) is 1.73. The largest absolute Gasteiger partial charge is 0.360 e. The van der Waals surface area contributed by atoms with Crippen LogP contribution < -0.4 is 5.32 Å². The topological polar surface area (TPSA) is 45.6 Å². The summed E-state index contributed by atoms with van der Waals surface area (Å²) in [6.07, 6.45) is 1.86. The van der Waals surface area contributed by atoms with E-state index >= 15 is 0 Å². The number of aromatic amines is 1. The molecule has 0 atom stereocenters. The highest BCUT2D eigenvalue weighted by Crippen LogP contribution is 2.26. The number of hydrogen-bond donors (Lipinski definition) is 2. The van der Waals surface area contributed by atoms with Crippen molar-refractivity contribution in [3.63, 3.8) is 0 Å². The predicted octanol–water partition coefficient (Wildman–Crippen LogP) is 1.79. The van der Waals surface area contributed by atoms with Gasteiger partial charge in [0, 0.05) is 13.2 Å². The molecule has 0 saturated heterocycles. The van der Waals surface area contributed by atoms with Gasteiger partial charge in [0.1, 0.15) is 16.7 Å². The number of nitrogens with zero attached hydrogens (tertiary/aromatic N) is 2. The van der Waals surface area contributed by atoms with Gasteiger partial charge in [-0.15, -0.1) is 0 Å². The molecule has 0 aromatic carbocycles. The lowest BCUT2D eigenvalue weighted by Gasteiger charge is -1.99. The minimum Gasteiger partial charge on any atom is -0.360 e. The Balaban J connectivity index is 2.45. The summed E-state index contributed by atoms with van der Waals surface area (Å²) in [4.78, 5) is 7.58. The second-order valence-corrected chi connectivity index (χ2v) is 3.70. The third-order valence-corrected chi connectivity index (χ3v) is 2.74. The molecule has 0 amide bonds. The number of rotatable bonds is 3. The van der Waals surface area contributed by atoms with Crippen LogP contribution in [-0.4, -0.2) is 21.6 Å². The van der Waals surface area contributed by atoms with Crippen LogP contribution in [0, 0.1) is 0 Å². The highest BCUT2D eigenvalue weighted by Gasteiger charge is 2.14. The van der Waals surface area contributed by atoms with Gasteiger partial charge >= 0.3 is 0 Å². The Morgan fingerprint density at radius 3 is 3.00 bits per heavy atom. The molecule has 2 aromatic heterocycles. The van der Waals surface area contributed by atoms with E-state index in [1.165, 1.54) is 0 Å². The maximum atomic E-state index is 6.19. The van der Waals surface area contributed by atoms with Crippen LogP contribution in [0.2, 0.25) is 5.15 Å². The van der Waals surface area contributed by atoms with Gasteiger partial charge in [-0.25, -0.2) is 4.98 Å². The van der Waals surface area contributed by atoms with Gasteiger partial charge in [0.25, 0.3) is 0 Å². The minimum atomic E-state index is 0.655. The molecular weight excluding hydrogens is 212 g/mol. The van der Waals surface area contributed by atoms with E-state index in [-0.39, 0.29) is 0 Å². The lowest BCUT2D eigenvalue weighted by atomic mass is 10.3. The van der Waals surface area contributed by atoms with Crippen LogP contribution in [-0.2, 0) is 13.6 Å². The predicted molar refractivity (Wildman–Crippen MR) is 60.8 cm³/mol. The van der Waals surface area contributed by atoms with Gasteiger partial charge in [-0.1, -0.05) is 11.6 Å². The molecule has 2 aromatic rings. The van der Waals surface area contributed by atoms with Crippen molar-refractivity contribution in [2.75, 3.05) is 7.05 Å². The number of imidazole rings is 1. The van der Waals surface area contributed by atoms with E-state index in [2.05, 4.69) is 15.3 Å². The molecule has 0 radical (unpaired) electrons. The monoisotopic (exact) mass is 224 g/mol. The molecule has 0 aliphatic heterocycles. The molecule has 2 heterocycles. The third-order valence-electron chi connectivity index (χ3n) is 2.31. The van der Waals surface area contributed by atoms with E-state index < -0.39 is 0 Å². The van der Waals surface area contributed by atoms with E-state index in [9.17, 15) is 0 Å². The summed E-state index contributed by atoms with van der Waals surface area (Å²) in [7, 11) is 3.80. The molecule has 2 rings (SSSR count). The summed E-state index contributed by atoms with van der Waals surface area (Å²) in [5, 5.41) is 3.71. The number of hydrogen-bond acceptors (Lipinski definition) is 2. The molecule has 4 nitrogen and oxygen atoms in total. The third kappa shape index (κ3) is 1.78. The molecule has 0 aliphatic carbocycles. The van der Waals surface area contributed by atoms with Gasteiger partial charge in [-0.3, -0.25) is 0 Å². The van der Waals surface area contributed by atoms with E-state index in [4.69, 9.17) is 11.6 Å². The minimum absolute atomic E-state index is 0.655. The van der Waals surface area contributed by atoms with Gasteiger partial charge in [-0.2, -0.15) is 0 Å². The summed E-state index contributed by atoms with van der Waals surface area (Å²) in [5.74, 6) is 0.923. The molecule has 0 aliphatic rings. The fourth-order valence-electron chi connectivity index (χ4n) is 1.49. The van der Waals surface area contributed by atoms with Crippen LogP contribution >= 0.6 is 11.6 Å². The number of H-pyrrole nitrogens is 1. The average molecular weight is 225 g/mol. The van der Waals surface area contributed by atoms with E-state index in [0.29, 0.717) is 11.7 Å². The first-order chi connectivity index (χ1) is 7.24. The smallest absolute Gasteiger partial charge is 0.138 e. The molecule has 15 heavy (non-hydrogen) atoms. The summed E-state index contributed by atoms with van der Waals surface area (Å²) in [6, 6.07) is 3.88. The molecule has 5 heteroatoms. The normalized spacial score (nSPS) is 10.9. The second-order valence-electron chi connectivity index (χ2n) is 3.34. The number of aromatic nitrogens is 3. The molecule has 80 valence electrons. The van der Waals surface area contributed by atoms with Crippen molar-refractivity contribution >= 4 is 11.6 Å². The van der Waals surface area contributed by atoms with Crippen molar-refractivity contribution in [2.45, 2.75) is 6.54 Å². The first-order valence-corrected chi connectivity index (χ1v) is 5.11. The summed E-state index contributed by atoms with van der Waals surface area (Å²) in [6.45, 7) is 0.705. The second kappa shape index (κ2) is 4.08. The molecule has 0 saturated carbocycles. The van der Waals surface area contributed by atoms with Crippen LogP contribution in [0.4, 0.5) is 0 Å². The van der Waals surface area contributed by atoms with Gasteiger partial charge in [0.15, 0.2) is 0 Å². The van der Waals surface area contributed by atoms with Gasteiger partial charge in [0.2, 0.25) is 0 Å². The molecule has 0 bridgehead atoms. The first-order valence-electron chi connectivity index (χ1n) is 4.73. The van der Waals surface area contributed by atoms with Crippen molar-refractivity contribution in [2.24, 2.45) is 7.05 Å². The van der Waals surface area contributed by atoms with Crippen molar-refractivity contribution in [3.8, 4) is 11.4 Å². The zero-order valence-electron chi connectivity index (χ0n) is 8.71. The van der Waals surface area contributed by atoms with E-state index in [1.807, 2.05) is 37.0 Å². The Morgan fingerprint density at radius 1 is 1.60 bits per heavy atom. The Bertz CT molecular complexity index is 444. The van der Waals surface area contributed by atoms with Crippen LogP contribution in [0.1, 0.15) is 5.82 Å². The van der Waals surface area contributed by atoms with Crippen molar-refractivity contribution < 1.29 is 0 Å². The van der Waals surface area contributed by atoms with E-state index in [1.54, 1.807) is 0 Å². The van der Waals surface area contributed by atoms with Gasteiger partial charge in [0.05, 0.1) is 12.2 Å². The van der Waals surface area contributed by atoms with E-state index in [0.717, 1.165) is 17.2 Å². The highest BCUT2D eigenvalue weighted by molar-refractivity contribution is 6.32. The molecular formula is C10H13ClN4. The van der Waals surface area contributed by atoms with Crippen LogP contribution in [0.5, 0.6) is 0 Å². The van der Waals surface area contributed by atoms with Crippen molar-refractivity contribution in [3.05, 3.63) is 29.3 Å². The molecule has 0 fully saturated rings. The lowest BCUT2D eigenvalue weighted by Crippen LogP contribution is -2.10. The number of halogens is 1. The molecule has 0 spiro atoms. The SMILES string of the molecule is CNCc1nc(-c2ccc[nH]2)c(Cl)n1C. The molecule has 0 unspecified atom stereocenters. The van der Waals surface area contributed by atoms with Crippen LogP contribution in [0.25, 0.3) is 11.4 Å². The Morgan fingerprint density at radius 2 is 2.40 bits per heavy atom. The van der Waals surface area contributed by atoms with Crippen LogP contribution in [0.15, 0.2) is 18.3 Å². The quantitative estimate of drug-likeness (QED) is 0.835. The Kier molecular flexibility index (Phi) is 2.79. The summed E-state index contributed by atoms with van der Waals surface area (Å²) < 4.78 is 1.88. The Hall–Kier alpha value is -1.26. The van der Waals surface area contributed by atoms with Gasteiger partial charge in [-0.05, 0) is 19.2 Å². The van der Waals surface area contributed by atoms with Crippen molar-refractivity contribution in [1.29, 1.82) is 0 Å². The summed E-state index contributed by atoms with van der Waals surface area (Å²) in [5.41, 5.74) is 1.74. The maximum Gasteiger partial charge on any atom is 0.138 e. The molecule has 2 N–H and O–H groups in total. The Labute approximate surface area is 93.3 Å². The fraction of sp³-hybridized carbons (Fsp3) is 0.300. The zero-order valence-corrected chi connectivity index (χ0v) is 9.47. The number of nitrogens with one attached hydrogen (secondary N) is 2. The van der Waals surface area contributed by atoms with Crippen LogP contribution in [0.3, 0.4) is 0 Å². The summed E-state index contributed by atoms with van der Waals surface area (Å²) >= 11 is 6.19. The highest BCUT2D eigenvalue weighted by atomic mass is 35.5. The first kappa shape index (κ1) is 10.3. The lowest BCUT2D eigenvalue weighted by molar-refractivity contribution is 0.710. The standard InChI is InChI=1S/C10H13ClN4/c1-12-6-8-14-9(10(11)15(8)2)7-4-3-5-13-7/h3-5,12-13H,6H2,1-2H3. The van der Waals surface area contributed by atoms with Crippen molar-refractivity contribution in [1.82, 2.24) is 19.9 Å². The maximum absolute atomic E-state index is 6.19.